The Balaban J connectivity index is 2.04. The lowest BCUT2D eigenvalue weighted by Gasteiger charge is -2.40. The van der Waals surface area contributed by atoms with Gasteiger partial charge in [0.25, 0.3) is 0 Å². The molecular weight excluding hydrogens is 274 g/mol. The van der Waals surface area contributed by atoms with Crippen LogP contribution < -0.4 is 4.90 Å². The van der Waals surface area contributed by atoms with E-state index in [1.165, 1.54) is 0 Å². The monoisotopic (exact) mass is 291 g/mol. The summed E-state index contributed by atoms with van der Waals surface area (Å²) in [6, 6.07) is 8.00. The Morgan fingerprint density at radius 2 is 2.00 bits per heavy atom. The van der Waals surface area contributed by atoms with E-state index in [1.807, 2.05) is 24.3 Å². The third-order valence-corrected chi connectivity index (χ3v) is 4.35. The van der Waals surface area contributed by atoms with Crippen molar-refractivity contribution in [3.63, 3.8) is 0 Å². The van der Waals surface area contributed by atoms with Crippen LogP contribution >= 0.6 is 11.6 Å². The first-order valence-corrected chi connectivity index (χ1v) is 7.22. The maximum atomic E-state index is 6.13. The van der Waals surface area contributed by atoms with Crippen LogP contribution in [0.15, 0.2) is 24.3 Å². The lowest BCUT2D eigenvalue weighted by atomic mass is 9.94. The van der Waals surface area contributed by atoms with Crippen molar-refractivity contribution in [2.45, 2.75) is 25.4 Å². The number of fused-ring (bicyclic) bond motifs is 1. The maximum absolute atomic E-state index is 6.13. The molecule has 0 saturated carbocycles. The highest BCUT2D eigenvalue weighted by Crippen LogP contribution is 2.32. The molecule has 0 N–H and O–H groups in total. The number of nitrogens with zero attached hydrogens (tertiary/aromatic N) is 3. The fourth-order valence-electron chi connectivity index (χ4n) is 2.84. The van der Waals surface area contributed by atoms with Gasteiger partial charge in [0.05, 0.1) is 5.60 Å². The fraction of sp³-hybridized carbons (Fsp3) is 0.467. The molecule has 5 heteroatoms. The Hall–Kier alpha value is -1.39. The number of piperidine rings is 1. The highest BCUT2D eigenvalue weighted by atomic mass is 35.5. The summed E-state index contributed by atoms with van der Waals surface area (Å²) in [5.41, 5.74) is -0.124. The van der Waals surface area contributed by atoms with E-state index < -0.39 is 0 Å². The van der Waals surface area contributed by atoms with Gasteiger partial charge in [-0.15, -0.1) is 10.2 Å². The van der Waals surface area contributed by atoms with Crippen molar-refractivity contribution < 1.29 is 4.74 Å². The Morgan fingerprint density at radius 3 is 2.75 bits per heavy atom. The lowest BCUT2D eigenvalue weighted by molar-refractivity contribution is -0.00478. The molecule has 106 valence electrons. The topological polar surface area (TPSA) is 38.2 Å². The van der Waals surface area contributed by atoms with E-state index in [-0.39, 0.29) is 5.60 Å². The van der Waals surface area contributed by atoms with Crippen molar-refractivity contribution in [1.82, 2.24) is 10.2 Å². The van der Waals surface area contributed by atoms with Crippen molar-refractivity contribution in [2.75, 3.05) is 25.1 Å². The smallest absolute Gasteiger partial charge is 0.159 e. The highest BCUT2D eigenvalue weighted by molar-refractivity contribution is 6.34. The number of hydrogen-bond acceptors (Lipinski definition) is 4. The zero-order chi connectivity index (χ0) is 14.2. The van der Waals surface area contributed by atoms with Crippen molar-refractivity contribution in [3.05, 3.63) is 29.4 Å². The molecular formula is C15H18ClN3O. The van der Waals surface area contributed by atoms with Gasteiger partial charge in [-0.3, -0.25) is 0 Å². The zero-order valence-corrected chi connectivity index (χ0v) is 12.5. The average molecular weight is 292 g/mol. The molecule has 4 nitrogen and oxygen atoms in total. The first-order chi connectivity index (χ1) is 9.63. The summed E-state index contributed by atoms with van der Waals surface area (Å²) in [6.45, 7) is 3.94. The Bertz CT molecular complexity index is 634. The van der Waals surface area contributed by atoms with E-state index in [4.69, 9.17) is 16.3 Å². The first-order valence-electron chi connectivity index (χ1n) is 6.84. The van der Waals surface area contributed by atoms with E-state index in [1.54, 1.807) is 7.11 Å². The summed E-state index contributed by atoms with van der Waals surface area (Å²) in [4.78, 5) is 2.25. The summed E-state index contributed by atoms with van der Waals surface area (Å²) in [5.74, 6) is 0.896. The minimum atomic E-state index is -0.124. The number of anilines is 1. The number of methoxy groups -OCH3 is 1. The number of rotatable bonds is 2. The Morgan fingerprint density at radius 1 is 1.25 bits per heavy atom. The lowest BCUT2D eigenvalue weighted by Crippen LogP contribution is -2.47. The summed E-state index contributed by atoms with van der Waals surface area (Å²) >= 11 is 6.13. The van der Waals surface area contributed by atoms with E-state index in [2.05, 4.69) is 22.0 Å². The molecule has 20 heavy (non-hydrogen) atoms. The van der Waals surface area contributed by atoms with Crippen LogP contribution in [0.5, 0.6) is 0 Å². The van der Waals surface area contributed by atoms with Gasteiger partial charge in [-0.25, -0.2) is 0 Å². The van der Waals surface area contributed by atoms with Crippen molar-refractivity contribution in [1.29, 1.82) is 0 Å². The molecule has 1 aliphatic rings. The minimum Gasteiger partial charge on any atom is -0.377 e. The van der Waals surface area contributed by atoms with Gasteiger partial charge >= 0.3 is 0 Å². The number of aromatic nitrogens is 2. The molecule has 0 amide bonds. The Labute approximate surface area is 123 Å². The molecule has 1 aliphatic heterocycles. The molecule has 1 aromatic heterocycles. The molecule has 1 atom stereocenters. The third-order valence-electron chi connectivity index (χ3n) is 4.07. The van der Waals surface area contributed by atoms with Gasteiger partial charge in [-0.1, -0.05) is 35.9 Å². The standard InChI is InChI=1S/C15H18ClN3O/c1-15(20-2)8-5-9-19(10-15)14-12-7-4-3-6-11(12)13(16)17-18-14/h3-4,6-7H,5,8-10H2,1-2H3. The van der Waals surface area contributed by atoms with Gasteiger partial charge in [0.1, 0.15) is 0 Å². The van der Waals surface area contributed by atoms with Crippen LogP contribution in [0.4, 0.5) is 5.82 Å². The second-order valence-corrected chi connectivity index (χ2v) is 5.90. The normalized spacial score (nSPS) is 23.2. The quantitative estimate of drug-likeness (QED) is 0.851. The molecule has 1 saturated heterocycles. The van der Waals surface area contributed by atoms with Crippen LogP contribution in [-0.4, -0.2) is 36.0 Å². The second-order valence-electron chi connectivity index (χ2n) is 5.54. The van der Waals surface area contributed by atoms with E-state index in [9.17, 15) is 0 Å². The maximum Gasteiger partial charge on any atom is 0.159 e. The highest BCUT2D eigenvalue weighted by Gasteiger charge is 2.32. The van der Waals surface area contributed by atoms with E-state index >= 15 is 0 Å². The summed E-state index contributed by atoms with van der Waals surface area (Å²) in [6.07, 6.45) is 2.15. The molecule has 0 radical (unpaired) electrons. The molecule has 1 fully saturated rings. The SMILES string of the molecule is COC1(C)CCCN(c2nnc(Cl)c3ccccc23)C1. The van der Waals surface area contributed by atoms with Gasteiger partial charge < -0.3 is 9.64 Å². The molecule has 2 heterocycles. The van der Waals surface area contributed by atoms with Gasteiger partial charge in [0.15, 0.2) is 11.0 Å². The summed E-state index contributed by atoms with van der Waals surface area (Å²) in [5, 5.41) is 10.9. The largest absolute Gasteiger partial charge is 0.377 e. The fourth-order valence-corrected chi connectivity index (χ4v) is 3.05. The number of halogens is 1. The van der Waals surface area contributed by atoms with Gasteiger partial charge in [0, 0.05) is 31.0 Å². The molecule has 2 aromatic rings. The van der Waals surface area contributed by atoms with Crippen LogP contribution in [0.1, 0.15) is 19.8 Å². The van der Waals surface area contributed by atoms with Crippen molar-refractivity contribution >= 4 is 28.2 Å². The van der Waals surface area contributed by atoms with Gasteiger partial charge in [0.2, 0.25) is 0 Å². The van der Waals surface area contributed by atoms with Crippen LogP contribution in [0.3, 0.4) is 0 Å². The predicted octanol–water partition coefficient (Wildman–Crippen LogP) is 3.29. The molecule has 0 spiro atoms. The minimum absolute atomic E-state index is 0.124. The predicted molar refractivity (Wildman–Crippen MR) is 81.4 cm³/mol. The summed E-state index contributed by atoms with van der Waals surface area (Å²) in [7, 11) is 1.77. The van der Waals surface area contributed by atoms with Gasteiger partial charge in [-0.2, -0.15) is 0 Å². The molecule has 0 aliphatic carbocycles. The number of hydrogen-bond donors (Lipinski definition) is 0. The molecule has 3 rings (SSSR count). The van der Waals surface area contributed by atoms with E-state index in [0.717, 1.165) is 42.5 Å². The van der Waals surface area contributed by atoms with Crippen LogP contribution in [0.25, 0.3) is 10.8 Å². The zero-order valence-electron chi connectivity index (χ0n) is 11.8. The average Bonchev–Trinajstić information content (AvgIpc) is 2.48. The first kappa shape index (κ1) is 13.6. The third kappa shape index (κ3) is 2.34. The van der Waals surface area contributed by atoms with Crippen LogP contribution in [0, 0.1) is 0 Å². The molecule has 1 aromatic carbocycles. The molecule has 0 bridgehead atoms. The summed E-state index contributed by atoms with van der Waals surface area (Å²) < 4.78 is 5.65. The number of benzene rings is 1. The second kappa shape index (κ2) is 5.19. The van der Waals surface area contributed by atoms with Crippen LogP contribution in [-0.2, 0) is 4.74 Å². The number of ether oxygens (including phenoxy) is 1. The van der Waals surface area contributed by atoms with Crippen LogP contribution in [0.2, 0.25) is 5.15 Å². The molecule has 1 unspecified atom stereocenters. The van der Waals surface area contributed by atoms with E-state index in [0.29, 0.717) is 5.15 Å². The Kier molecular flexibility index (Phi) is 3.52. The van der Waals surface area contributed by atoms with Gasteiger partial charge in [-0.05, 0) is 19.8 Å². The van der Waals surface area contributed by atoms with Crippen molar-refractivity contribution in [3.8, 4) is 0 Å². The van der Waals surface area contributed by atoms with Crippen molar-refractivity contribution in [2.24, 2.45) is 0 Å².